The molecule has 0 fully saturated rings. The lowest BCUT2D eigenvalue weighted by Gasteiger charge is -2.16. The molecule has 0 aliphatic heterocycles. The topological polar surface area (TPSA) is 58.4 Å². The number of carbonyl (C=O) groups is 1. The molecule has 0 saturated carbocycles. The number of benzene rings is 1. The number of hydrogen-bond donors (Lipinski definition) is 2. The van der Waals surface area contributed by atoms with Crippen LogP contribution in [-0.4, -0.2) is 18.0 Å². The molecule has 0 unspecified atom stereocenters. The smallest absolute Gasteiger partial charge is 0.322 e. The third-order valence-electron chi connectivity index (χ3n) is 1.89. The van der Waals surface area contributed by atoms with Crippen LogP contribution >= 0.6 is 0 Å². The number of carbonyl (C=O) groups excluding carboxylic acids is 1. The van der Waals surface area contributed by atoms with Gasteiger partial charge in [-0.1, -0.05) is 0 Å². The van der Waals surface area contributed by atoms with Crippen molar-refractivity contribution in [2.75, 3.05) is 7.05 Å². The Kier molecular flexibility index (Phi) is 3.56. The molecule has 15 heavy (non-hydrogen) atoms. The largest absolute Gasteiger partial charge is 0.331 e. The Bertz CT molecular complexity index is 370. The van der Waals surface area contributed by atoms with Crippen LogP contribution in [0.2, 0.25) is 0 Å². The zero-order valence-electron chi connectivity index (χ0n) is 8.13. The first-order valence-electron chi connectivity index (χ1n) is 4.20. The Morgan fingerprint density at radius 2 is 2.20 bits per heavy atom. The highest BCUT2D eigenvalue weighted by Gasteiger charge is 2.10. The van der Waals surface area contributed by atoms with Crippen LogP contribution in [-0.2, 0) is 6.54 Å². The maximum Gasteiger partial charge on any atom is 0.331 e. The Hall–Kier alpha value is -1.69. The number of nitrogens with two attached hydrogens (primary N) is 1. The third kappa shape index (κ3) is 2.88. The van der Waals surface area contributed by atoms with Crippen molar-refractivity contribution >= 4 is 6.03 Å². The fraction of sp³-hybridized carbons (Fsp3) is 0.222. The van der Waals surface area contributed by atoms with Crippen molar-refractivity contribution in [1.29, 1.82) is 0 Å². The average Bonchev–Trinajstić information content (AvgIpc) is 2.22. The summed E-state index contributed by atoms with van der Waals surface area (Å²) >= 11 is 0. The summed E-state index contributed by atoms with van der Waals surface area (Å²) in [5, 5.41) is 0. The maximum absolute atomic E-state index is 13.1. The molecular weight excluding hydrogens is 204 g/mol. The molecule has 0 bridgehead atoms. The van der Waals surface area contributed by atoms with Gasteiger partial charge in [-0.3, -0.25) is 5.43 Å². The molecular formula is C9H11F2N3O. The highest BCUT2D eigenvalue weighted by atomic mass is 19.1. The van der Waals surface area contributed by atoms with Gasteiger partial charge in [-0.25, -0.2) is 19.4 Å². The van der Waals surface area contributed by atoms with Crippen molar-refractivity contribution in [3.05, 3.63) is 35.4 Å². The fourth-order valence-corrected chi connectivity index (χ4v) is 1.10. The lowest BCUT2D eigenvalue weighted by molar-refractivity contribution is 0.206. The molecule has 1 aromatic rings. The minimum absolute atomic E-state index is 0.0490. The summed E-state index contributed by atoms with van der Waals surface area (Å²) in [5.41, 5.74) is 1.99. The van der Waals surface area contributed by atoms with E-state index >= 15 is 0 Å². The van der Waals surface area contributed by atoms with Crippen molar-refractivity contribution in [1.82, 2.24) is 10.3 Å². The van der Waals surface area contributed by atoms with E-state index in [0.717, 1.165) is 23.1 Å². The monoisotopic (exact) mass is 215 g/mol. The molecule has 0 spiro atoms. The number of rotatable bonds is 2. The van der Waals surface area contributed by atoms with E-state index in [2.05, 4.69) is 0 Å². The second-order valence-electron chi connectivity index (χ2n) is 3.04. The van der Waals surface area contributed by atoms with E-state index in [0.29, 0.717) is 0 Å². The van der Waals surface area contributed by atoms with E-state index in [4.69, 9.17) is 5.84 Å². The standard InChI is InChI=1S/C9H11F2N3O/c1-14(9(15)13-12)5-6-4-7(10)2-3-8(6)11/h2-4H,5,12H2,1H3,(H,13,15). The molecule has 82 valence electrons. The number of hydrazine groups is 1. The van der Waals surface area contributed by atoms with E-state index in [1.54, 1.807) is 0 Å². The van der Waals surface area contributed by atoms with Crippen LogP contribution in [0.1, 0.15) is 5.56 Å². The van der Waals surface area contributed by atoms with Gasteiger partial charge in [0.2, 0.25) is 0 Å². The van der Waals surface area contributed by atoms with Crippen LogP contribution in [0.25, 0.3) is 0 Å². The second kappa shape index (κ2) is 4.70. The summed E-state index contributed by atoms with van der Waals surface area (Å²) in [5.74, 6) is 3.78. The summed E-state index contributed by atoms with van der Waals surface area (Å²) < 4.78 is 25.9. The van der Waals surface area contributed by atoms with Crippen LogP contribution in [0, 0.1) is 11.6 Å². The normalized spacial score (nSPS) is 9.87. The van der Waals surface area contributed by atoms with E-state index in [1.165, 1.54) is 7.05 Å². The summed E-state index contributed by atoms with van der Waals surface area (Å²) in [6.07, 6.45) is 0. The molecule has 0 aliphatic carbocycles. The summed E-state index contributed by atoms with van der Waals surface area (Å²) in [6.45, 7) is -0.0490. The molecule has 1 aromatic carbocycles. The van der Waals surface area contributed by atoms with E-state index < -0.39 is 17.7 Å². The fourth-order valence-electron chi connectivity index (χ4n) is 1.10. The van der Waals surface area contributed by atoms with Crippen LogP contribution in [0.3, 0.4) is 0 Å². The van der Waals surface area contributed by atoms with Gasteiger partial charge in [0, 0.05) is 12.6 Å². The second-order valence-corrected chi connectivity index (χ2v) is 3.04. The van der Waals surface area contributed by atoms with Crippen molar-refractivity contribution in [3.8, 4) is 0 Å². The molecule has 6 heteroatoms. The third-order valence-corrected chi connectivity index (χ3v) is 1.89. The highest BCUT2D eigenvalue weighted by Crippen LogP contribution is 2.11. The van der Waals surface area contributed by atoms with Crippen molar-refractivity contribution in [2.24, 2.45) is 5.84 Å². The van der Waals surface area contributed by atoms with E-state index in [-0.39, 0.29) is 12.1 Å². The molecule has 0 heterocycles. The first-order chi connectivity index (χ1) is 7.04. The molecule has 1 rings (SSSR count). The van der Waals surface area contributed by atoms with Gasteiger partial charge in [-0.2, -0.15) is 0 Å². The van der Waals surface area contributed by atoms with Crippen molar-refractivity contribution < 1.29 is 13.6 Å². The molecule has 0 saturated heterocycles. The quantitative estimate of drug-likeness (QED) is 0.439. The average molecular weight is 215 g/mol. The van der Waals surface area contributed by atoms with Crippen molar-refractivity contribution in [3.63, 3.8) is 0 Å². The van der Waals surface area contributed by atoms with Gasteiger partial charge in [-0.15, -0.1) is 0 Å². The van der Waals surface area contributed by atoms with E-state index in [1.807, 2.05) is 5.43 Å². The molecule has 2 amide bonds. The number of urea groups is 1. The molecule has 3 N–H and O–H groups in total. The lowest BCUT2D eigenvalue weighted by Crippen LogP contribution is -2.40. The minimum atomic E-state index is -0.571. The lowest BCUT2D eigenvalue weighted by atomic mass is 10.2. The summed E-state index contributed by atoms with van der Waals surface area (Å²) in [4.78, 5) is 12.1. The molecule has 0 atom stereocenters. The summed E-state index contributed by atoms with van der Waals surface area (Å²) in [7, 11) is 1.42. The van der Waals surface area contributed by atoms with Gasteiger partial charge in [0.15, 0.2) is 0 Å². The maximum atomic E-state index is 13.1. The molecule has 0 aromatic heterocycles. The molecule has 0 radical (unpaired) electrons. The van der Waals surface area contributed by atoms with Crippen LogP contribution in [0.5, 0.6) is 0 Å². The van der Waals surface area contributed by atoms with Gasteiger partial charge in [0.25, 0.3) is 0 Å². The van der Waals surface area contributed by atoms with Crippen LogP contribution in [0.15, 0.2) is 18.2 Å². The van der Waals surface area contributed by atoms with Crippen LogP contribution in [0.4, 0.5) is 13.6 Å². The number of amides is 2. The van der Waals surface area contributed by atoms with Crippen LogP contribution < -0.4 is 11.3 Å². The van der Waals surface area contributed by atoms with Gasteiger partial charge in [-0.05, 0) is 18.2 Å². The predicted octanol–water partition coefficient (Wildman–Crippen LogP) is 0.980. The number of halogens is 2. The summed E-state index contributed by atoms with van der Waals surface area (Å²) in [6, 6.07) is 2.50. The number of nitrogens with one attached hydrogen (secondary N) is 1. The Labute approximate surface area is 85.6 Å². The van der Waals surface area contributed by atoms with Gasteiger partial charge in [0.05, 0.1) is 6.54 Å². The zero-order chi connectivity index (χ0) is 11.4. The SMILES string of the molecule is CN(Cc1cc(F)ccc1F)C(=O)NN. The molecule has 0 aliphatic rings. The Morgan fingerprint density at radius 1 is 1.53 bits per heavy atom. The van der Waals surface area contributed by atoms with Crippen molar-refractivity contribution in [2.45, 2.75) is 6.54 Å². The Balaban J connectivity index is 2.80. The highest BCUT2D eigenvalue weighted by molar-refractivity contribution is 5.73. The predicted molar refractivity (Wildman–Crippen MR) is 50.5 cm³/mol. The zero-order valence-corrected chi connectivity index (χ0v) is 8.13. The van der Waals surface area contributed by atoms with Gasteiger partial charge < -0.3 is 4.90 Å². The first kappa shape index (κ1) is 11.4. The van der Waals surface area contributed by atoms with Gasteiger partial charge in [0.1, 0.15) is 11.6 Å². The number of hydrogen-bond acceptors (Lipinski definition) is 2. The molecule has 4 nitrogen and oxygen atoms in total. The van der Waals surface area contributed by atoms with E-state index in [9.17, 15) is 13.6 Å². The number of nitrogens with zero attached hydrogens (tertiary/aromatic N) is 1. The first-order valence-corrected chi connectivity index (χ1v) is 4.20. The Morgan fingerprint density at radius 3 is 2.80 bits per heavy atom. The van der Waals surface area contributed by atoms with Gasteiger partial charge >= 0.3 is 6.03 Å². The minimum Gasteiger partial charge on any atom is -0.322 e.